The summed E-state index contributed by atoms with van der Waals surface area (Å²) in [5.41, 5.74) is 5.40. The second-order valence-electron chi connectivity index (χ2n) is 9.53. The standard InChI is InChI=1S/C30H30N2O/c1-20(2)26-17-13-21(3)28-29(25-16-15-23-11-7-8-12-24(23)19-25)31-32(30(26)28)27(33)18-14-22-9-5-4-6-10-22/h4-12,14-16,18-21,26H,13,17H2,1-3H3/b18-14+/t21-,26-/m0/s1. The van der Waals surface area contributed by atoms with Crippen LogP contribution in [0, 0.1) is 5.92 Å². The van der Waals surface area contributed by atoms with Gasteiger partial charge in [0.2, 0.25) is 0 Å². The molecule has 0 fully saturated rings. The molecule has 0 saturated heterocycles. The predicted molar refractivity (Wildman–Crippen MR) is 136 cm³/mol. The molecule has 0 radical (unpaired) electrons. The number of rotatable bonds is 4. The minimum absolute atomic E-state index is 0.0816. The lowest BCUT2D eigenvalue weighted by Crippen LogP contribution is -2.23. The van der Waals surface area contributed by atoms with Crippen LogP contribution in [0.2, 0.25) is 0 Å². The number of allylic oxidation sites excluding steroid dienone is 1. The van der Waals surface area contributed by atoms with Crippen molar-refractivity contribution in [2.75, 3.05) is 0 Å². The molecule has 3 nitrogen and oxygen atoms in total. The summed E-state index contributed by atoms with van der Waals surface area (Å²) in [6.07, 6.45) is 5.74. The highest BCUT2D eigenvalue weighted by Gasteiger charge is 2.35. The average molecular weight is 435 g/mol. The van der Waals surface area contributed by atoms with Gasteiger partial charge in [0.25, 0.3) is 5.91 Å². The first-order valence-corrected chi connectivity index (χ1v) is 11.9. The predicted octanol–water partition coefficient (Wildman–Crippen LogP) is 7.69. The third-order valence-electron chi connectivity index (χ3n) is 6.97. The summed E-state index contributed by atoms with van der Waals surface area (Å²) in [4.78, 5) is 13.4. The smallest absolute Gasteiger partial charge is 0.267 e. The van der Waals surface area contributed by atoms with Crippen molar-refractivity contribution in [3.05, 3.63) is 95.7 Å². The summed E-state index contributed by atoms with van der Waals surface area (Å²) in [6.45, 7) is 6.78. The third kappa shape index (κ3) is 4.04. The lowest BCUT2D eigenvalue weighted by molar-refractivity contribution is 0.0947. The van der Waals surface area contributed by atoms with E-state index in [-0.39, 0.29) is 5.91 Å². The first kappa shape index (κ1) is 21.4. The lowest BCUT2D eigenvalue weighted by Gasteiger charge is -2.30. The zero-order chi connectivity index (χ0) is 22.9. The van der Waals surface area contributed by atoms with Gasteiger partial charge >= 0.3 is 0 Å². The van der Waals surface area contributed by atoms with Gasteiger partial charge in [0.15, 0.2) is 0 Å². The van der Waals surface area contributed by atoms with E-state index in [0.29, 0.717) is 17.8 Å². The van der Waals surface area contributed by atoms with Crippen molar-refractivity contribution in [1.29, 1.82) is 0 Å². The van der Waals surface area contributed by atoms with E-state index in [4.69, 9.17) is 5.10 Å². The van der Waals surface area contributed by atoms with Gasteiger partial charge in [-0.2, -0.15) is 5.10 Å². The van der Waals surface area contributed by atoms with E-state index in [2.05, 4.69) is 63.2 Å². The molecule has 0 bridgehead atoms. The van der Waals surface area contributed by atoms with E-state index in [1.165, 1.54) is 16.3 Å². The molecule has 2 atom stereocenters. The fourth-order valence-corrected chi connectivity index (χ4v) is 5.17. The molecular formula is C30H30N2O. The minimum Gasteiger partial charge on any atom is -0.267 e. The van der Waals surface area contributed by atoms with Crippen LogP contribution in [0.1, 0.15) is 67.1 Å². The SMILES string of the molecule is CC(C)[C@@H]1CC[C@H](C)c2c(-c3ccc4ccccc4c3)nn(C(=O)/C=C/c3ccccc3)c21. The molecule has 4 aromatic rings. The van der Waals surface area contributed by atoms with E-state index in [1.807, 2.05) is 36.4 Å². The Hall–Kier alpha value is -3.46. The van der Waals surface area contributed by atoms with Crippen LogP contribution in [-0.4, -0.2) is 15.7 Å². The lowest BCUT2D eigenvalue weighted by atomic mass is 9.75. The molecule has 0 saturated carbocycles. The summed E-state index contributed by atoms with van der Waals surface area (Å²) < 4.78 is 1.69. The Morgan fingerprint density at radius 3 is 2.45 bits per heavy atom. The van der Waals surface area contributed by atoms with Crippen LogP contribution in [-0.2, 0) is 0 Å². The summed E-state index contributed by atoms with van der Waals surface area (Å²) in [5, 5.41) is 7.38. The molecule has 33 heavy (non-hydrogen) atoms. The van der Waals surface area contributed by atoms with Crippen molar-refractivity contribution in [3.8, 4) is 11.3 Å². The Balaban J connectivity index is 1.65. The van der Waals surface area contributed by atoms with Gasteiger partial charge in [-0.15, -0.1) is 0 Å². The maximum Gasteiger partial charge on any atom is 0.271 e. The van der Waals surface area contributed by atoms with Crippen molar-refractivity contribution >= 4 is 22.8 Å². The Labute approximate surface area is 195 Å². The molecule has 1 heterocycles. The van der Waals surface area contributed by atoms with Gasteiger partial charge in [0.1, 0.15) is 0 Å². The Morgan fingerprint density at radius 2 is 1.70 bits per heavy atom. The van der Waals surface area contributed by atoms with Gasteiger partial charge in [-0.3, -0.25) is 4.79 Å². The summed E-state index contributed by atoms with van der Waals surface area (Å²) in [6, 6.07) is 24.8. The van der Waals surface area contributed by atoms with Crippen molar-refractivity contribution in [2.45, 2.75) is 45.4 Å². The first-order valence-electron chi connectivity index (χ1n) is 11.9. The maximum atomic E-state index is 13.4. The molecule has 0 aliphatic heterocycles. The number of fused-ring (bicyclic) bond motifs is 2. The number of carbonyl (C=O) groups is 1. The number of benzene rings is 3. The molecule has 166 valence electrons. The van der Waals surface area contributed by atoms with E-state index in [1.54, 1.807) is 10.8 Å². The van der Waals surface area contributed by atoms with Crippen LogP contribution >= 0.6 is 0 Å². The van der Waals surface area contributed by atoms with Crippen molar-refractivity contribution in [2.24, 2.45) is 5.92 Å². The summed E-state index contributed by atoms with van der Waals surface area (Å²) in [5.74, 6) is 1.06. The molecule has 0 unspecified atom stereocenters. The summed E-state index contributed by atoms with van der Waals surface area (Å²) in [7, 11) is 0. The molecule has 3 aromatic carbocycles. The third-order valence-corrected chi connectivity index (χ3v) is 6.97. The van der Waals surface area contributed by atoms with Gasteiger partial charge in [0.05, 0.1) is 11.4 Å². The molecule has 0 N–H and O–H groups in total. The Kier molecular flexibility index (Phi) is 5.72. The number of hydrogen-bond acceptors (Lipinski definition) is 2. The first-order chi connectivity index (χ1) is 16.0. The number of nitrogens with zero attached hydrogens (tertiary/aromatic N) is 2. The molecule has 1 aliphatic rings. The largest absolute Gasteiger partial charge is 0.271 e. The van der Waals surface area contributed by atoms with Crippen LogP contribution in [0.25, 0.3) is 28.1 Å². The van der Waals surface area contributed by atoms with Crippen LogP contribution in [0.4, 0.5) is 0 Å². The second kappa shape index (κ2) is 8.82. The van der Waals surface area contributed by atoms with Gasteiger partial charge in [-0.1, -0.05) is 87.5 Å². The van der Waals surface area contributed by atoms with E-state index < -0.39 is 0 Å². The zero-order valence-corrected chi connectivity index (χ0v) is 19.5. The van der Waals surface area contributed by atoms with E-state index >= 15 is 0 Å². The molecule has 5 rings (SSSR count). The van der Waals surface area contributed by atoms with Gasteiger partial charge < -0.3 is 0 Å². The molecule has 3 heteroatoms. The van der Waals surface area contributed by atoms with Crippen LogP contribution in [0.3, 0.4) is 0 Å². The van der Waals surface area contributed by atoms with E-state index in [0.717, 1.165) is 35.4 Å². The van der Waals surface area contributed by atoms with Gasteiger partial charge in [0, 0.05) is 23.1 Å². The highest BCUT2D eigenvalue weighted by atomic mass is 16.2. The maximum absolute atomic E-state index is 13.4. The molecule has 0 spiro atoms. The highest BCUT2D eigenvalue weighted by molar-refractivity contribution is 5.95. The molecule has 1 aliphatic carbocycles. The van der Waals surface area contributed by atoms with Crippen molar-refractivity contribution in [1.82, 2.24) is 9.78 Å². The molecular weight excluding hydrogens is 404 g/mol. The van der Waals surface area contributed by atoms with Crippen molar-refractivity contribution < 1.29 is 4.79 Å². The van der Waals surface area contributed by atoms with Crippen molar-refractivity contribution in [3.63, 3.8) is 0 Å². The Bertz CT molecular complexity index is 1330. The van der Waals surface area contributed by atoms with Crippen LogP contribution in [0.5, 0.6) is 0 Å². The highest BCUT2D eigenvalue weighted by Crippen LogP contribution is 2.46. The van der Waals surface area contributed by atoms with E-state index in [9.17, 15) is 4.79 Å². The topological polar surface area (TPSA) is 34.9 Å². The fourth-order valence-electron chi connectivity index (χ4n) is 5.17. The summed E-state index contributed by atoms with van der Waals surface area (Å²) >= 11 is 0. The quantitative estimate of drug-likeness (QED) is 0.309. The number of carbonyl (C=O) groups excluding carboxylic acids is 1. The van der Waals surface area contributed by atoms with Gasteiger partial charge in [-0.05, 0) is 53.2 Å². The second-order valence-corrected chi connectivity index (χ2v) is 9.53. The average Bonchev–Trinajstić information content (AvgIpc) is 3.24. The fraction of sp³-hybridized carbons (Fsp3) is 0.267. The number of aromatic nitrogens is 2. The van der Waals surface area contributed by atoms with Crippen LogP contribution in [0.15, 0.2) is 78.9 Å². The minimum atomic E-state index is -0.0816. The molecule has 1 aromatic heterocycles. The zero-order valence-electron chi connectivity index (χ0n) is 19.5. The monoisotopic (exact) mass is 434 g/mol. The molecule has 0 amide bonds. The number of hydrogen-bond donors (Lipinski definition) is 0. The van der Waals surface area contributed by atoms with Crippen LogP contribution < -0.4 is 0 Å². The Morgan fingerprint density at radius 1 is 0.970 bits per heavy atom. The van der Waals surface area contributed by atoms with Gasteiger partial charge in [-0.25, -0.2) is 4.68 Å². The normalized spacial score (nSPS) is 18.2.